The third-order valence-corrected chi connectivity index (χ3v) is 6.88. The number of nitrogens with one attached hydrogen (secondary N) is 1. The summed E-state index contributed by atoms with van der Waals surface area (Å²) in [6.07, 6.45) is 5.45. The summed E-state index contributed by atoms with van der Waals surface area (Å²) in [4.78, 5) is 15.0. The van der Waals surface area contributed by atoms with Gasteiger partial charge in [-0.2, -0.15) is 0 Å². The quantitative estimate of drug-likeness (QED) is 0.616. The molecule has 2 aromatic carbocycles. The number of esters is 1. The standard InChI is InChI=1S/C25H28FN3O2/c1-31-25(30)21-3-2-4-23-24(21)18(15-29(23)20-7-5-19(26)6-8-20)9-12-27-22-16-28-13-10-17(22)11-14-28/h2-8,15,17,22,27H,9-14,16H2,1H3. The van der Waals surface area contributed by atoms with E-state index in [0.717, 1.165) is 47.6 Å². The van der Waals surface area contributed by atoms with E-state index in [1.54, 1.807) is 12.1 Å². The Labute approximate surface area is 181 Å². The van der Waals surface area contributed by atoms with Crippen LogP contribution in [0, 0.1) is 11.7 Å². The minimum Gasteiger partial charge on any atom is -0.465 e. The van der Waals surface area contributed by atoms with Gasteiger partial charge in [-0.05, 0) is 86.8 Å². The molecule has 31 heavy (non-hydrogen) atoms. The molecule has 0 spiro atoms. The Balaban J connectivity index is 1.46. The van der Waals surface area contributed by atoms with Crippen LogP contribution in [-0.2, 0) is 11.2 Å². The largest absolute Gasteiger partial charge is 0.465 e. The summed E-state index contributed by atoms with van der Waals surface area (Å²) in [7, 11) is 1.41. The molecule has 0 aliphatic carbocycles. The lowest BCUT2D eigenvalue weighted by Gasteiger charge is -2.45. The minimum absolute atomic E-state index is 0.266. The van der Waals surface area contributed by atoms with Gasteiger partial charge >= 0.3 is 5.97 Å². The van der Waals surface area contributed by atoms with Crippen LogP contribution in [0.3, 0.4) is 0 Å². The molecule has 1 atom stereocenters. The zero-order chi connectivity index (χ0) is 21.4. The van der Waals surface area contributed by atoms with Gasteiger partial charge in [0.2, 0.25) is 0 Å². The fraction of sp³-hybridized carbons (Fsp3) is 0.400. The van der Waals surface area contributed by atoms with Crippen LogP contribution in [-0.4, -0.2) is 54.8 Å². The van der Waals surface area contributed by atoms with Gasteiger partial charge in [-0.25, -0.2) is 9.18 Å². The summed E-state index contributed by atoms with van der Waals surface area (Å²) in [5.74, 6) is 0.169. The summed E-state index contributed by atoms with van der Waals surface area (Å²) in [5.41, 5.74) is 3.45. The molecule has 5 nitrogen and oxygen atoms in total. The third-order valence-electron chi connectivity index (χ3n) is 6.88. The number of nitrogens with zero attached hydrogens (tertiary/aromatic N) is 2. The molecule has 3 aliphatic heterocycles. The lowest BCUT2D eigenvalue weighted by Crippen LogP contribution is -2.56. The summed E-state index contributed by atoms with van der Waals surface area (Å²) in [5, 5.41) is 4.68. The van der Waals surface area contributed by atoms with E-state index in [9.17, 15) is 9.18 Å². The summed E-state index contributed by atoms with van der Waals surface area (Å²) >= 11 is 0. The highest BCUT2D eigenvalue weighted by molar-refractivity contribution is 6.05. The van der Waals surface area contributed by atoms with Gasteiger partial charge in [0.15, 0.2) is 0 Å². The maximum absolute atomic E-state index is 13.5. The van der Waals surface area contributed by atoms with E-state index in [4.69, 9.17) is 4.74 Å². The Bertz CT molecular complexity index is 1080. The molecule has 6 rings (SSSR count). The predicted molar refractivity (Wildman–Crippen MR) is 119 cm³/mol. The third kappa shape index (κ3) is 3.86. The first kappa shape index (κ1) is 20.2. The monoisotopic (exact) mass is 421 g/mol. The molecule has 0 saturated carbocycles. The van der Waals surface area contributed by atoms with E-state index in [1.165, 1.54) is 45.2 Å². The van der Waals surface area contributed by atoms with Crippen molar-refractivity contribution in [3.63, 3.8) is 0 Å². The number of halogens is 1. The number of benzene rings is 2. The zero-order valence-electron chi connectivity index (χ0n) is 17.8. The van der Waals surface area contributed by atoms with Gasteiger partial charge in [-0.3, -0.25) is 0 Å². The fourth-order valence-corrected chi connectivity index (χ4v) is 5.24. The van der Waals surface area contributed by atoms with Crippen molar-refractivity contribution in [3.05, 3.63) is 65.6 Å². The number of hydrogen-bond acceptors (Lipinski definition) is 4. The van der Waals surface area contributed by atoms with Crippen LogP contribution in [0.15, 0.2) is 48.7 Å². The number of hydrogen-bond donors (Lipinski definition) is 1. The Morgan fingerprint density at radius 1 is 1.16 bits per heavy atom. The lowest BCUT2D eigenvalue weighted by molar-refractivity contribution is 0.0603. The van der Waals surface area contributed by atoms with Gasteiger partial charge in [0.05, 0.1) is 18.2 Å². The summed E-state index contributed by atoms with van der Waals surface area (Å²) < 4.78 is 20.5. The van der Waals surface area contributed by atoms with E-state index >= 15 is 0 Å². The first-order valence-corrected chi connectivity index (χ1v) is 11.1. The van der Waals surface area contributed by atoms with Gasteiger partial charge in [-0.15, -0.1) is 0 Å². The molecule has 0 radical (unpaired) electrons. The lowest BCUT2D eigenvalue weighted by atomic mass is 9.84. The first-order valence-electron chi connectivity index (χ1n) is 11.1. The second-order valence-corrected chi connectivity index (χ2v) is 8.64. The van der Waals surface area contributed by atoms with E-state index in [-0.39, 0.29) is 11.8 Å². The van der Waals surface area contributed by atoms with Crippen molar-refractivity contribution < 1.29 is 13.9 Å². The molecule has 0 amide bonds. The molecule has 2 bridgehead atoms. The van der Waals surface area contributed by atoms with Crippen molar-refractivity contribution in [1.29, 1.82) is 0 Å². The molecule has 1 unspecified atom stereocenters. The van der Waals surface area contributed by atoms with Crippen molar-refractivity contribution in [2.45, 2.75) is 25.3 Å². The molecule has 6 heteroatoms. The highest BCUT2D eigenvalue weighted by Crippen LogP contribution is 2.30. The van der Waals surface area contributed by atoms with Crippen LogP contribution in [0.5, 0.6) is 0 Å². The first-order chi connectivity index (χ1) is 15.1. The van der Waals surface area contributed by atoms with Crippen molar-refractivity contribution in [2.75, 3.05) is 33.3 Å². The van der Waals surface area contributed by atoms with Crippen molar-refractivity contribution in [2.24, 2.45) is 5.92 Å². The number of methoxy groups -OCH3 is 1. The smallest absolute Gasteiger partial charge is 0.338 e. The Kier molecular flexibility index (Phi) is 5.50. The van der Waals surface area contributed by atoms with Gasteiger partial charge in [0.1, 0.15) is 5.82 Å². The van der Waals surface area contributed by atoms with Crippen molar-refractivity contribution in [1.82, 2.24) is 14.8 Å². The second-order valence-electron chi connectivity index (χ2n) is 8.64. The Morgan fingerprint density at radius 3 is 2.61 bits per heavy atom. The zero-order valence-corrected chi connectivity index (χ0v) is 17.8. The number of rotatable bonds is 6. The highest BCUT2D eigenvalue weighted by Gasteiger charge is 2.33. The van der Waals surface area contributed by atoms with Crippen LogP contribution in [0.4, 0.5) is 4.39 Å². The molecule has 3 aliphatic rings. The maximum atomic E-state index is 13.5. The highest BCUT2D eigenvalue weighted by atomic mass is 19.1. The average Bonchev–Trinajstić information content (AvgIpc) is 3.19. The number of fused-ring (bicyclic) bond motifs is 4. The van der Waals surface area contributed by atoms with E-state index in [1.807, 2.05) is 22.8 Å². The van der Waals surface area contributed by atoms with Crippen molar-refractivity contribution >= 4 is 16.9 Å². The number of carbonyl (C=O) groups is 1. The van der Waals surface area contributed by atoms with Crippen LogP contribution >= 0.6 is 0 Å². The SMILES string of the molecule is COC(=O)c1cccc2c1c(CCNC1CN3CCC1CC3)cn2-c1ccc(F)cc1. The normalized spacial score (nSPS) is 22.7. The molecular weight excluding hydrogens is 393 g/mol. The molecule has 3 saturated heterocycles. The van der Waals surface area contributed by atoms with E-state index in [2.05, 4.69) is 16.4 Å². The summed E-state index contributed by atoms with van der Waals surface area (Å²) in [6, 6.07) is 12.7. The fourth-order valence-electron chi connectivity index (χ4n) is 5.24. The van der Waals surface area contributed by atoms with Crippen LogP contribution < -0.4 is 5.32 Å². The molecular formula is C25H28FN3O2. The minimum atomic E-state index is -0.339. The van der Waals surface area contributed by atoms with Gasteiger partial charge in [0.25, 0.3) is 0 Å². The molecule has 4 heterocycles. The molecule has 3 aromatic rings. The number of piperidine rings is 3. The Morgan fingerprint density at radius 2 is 1.94 bits per heavy atom. The van der Waals surface area contributed by atoms with Gasteiger partial charge < -0.3 is 19.5 Å². The van der Waals surface area contributed by atoms with Crippen LogP contribution in [0.1, 0.15) is 28.8 Å². The molecule has 162 valence electrons. The van der Waals surface area contributed by atoms with Gasteiger partial charge in [0, 0.05) is 29.9 Å². The topological polar surface area (TPSA) is 46.5 Å². The molecule has 1 aromatic heterocycles. The average molecular weight is 422 g/mol. The molecule has 1 N–H and O–H groups in total. The van der Waals surface area contributed by atoms with Crippen molar-refractivity contribution in [3.8, 4) is 5.69 Å². The number of ether oxygens (including phenoxy) is 1. The van der Waals surface area contributed by atoms with Crippen LogP contribution in [0.2, 0.25) is 0 Å². The number of carbonyl (C=O) groups excluding carboxylic acids is 1. The number of aromatic nitrogens is 1. The van der Waals surface area contributed by atoms with E-state index in [0.29, 0.717) is 11.6 Å². The Hall–Kier alpha value is -2.70. The second kappa shape index (κ2) is 8.44. The molecule has 3 fully saturated rings. The maximum Gasteiger partial charge on any atom is 0.338 e. The summed E-state index contributed by atoms with van der Waals surface area (Å²) in [6.45, 7) is 4.45. The predicted octanol–water partition coefficient (Wildman–Crippen LogP) is 3.78. The van der Waals surface area contributed by atoms with E-state index < -0.39 is 0 Å². The van der Waals surface area contributed by atoms with Gasteiger partial charge in [-0.1, -0.05) is 6.07 Å². The van der Waals surface area contributed by atoms with Crippen LogP contribution in [0.25, 0.3) is 16.6 Å².